The number of fused-ring (bicyclic) bond motifs is 1. The molecule has 0 unspecified atom stereocenters. The molecule has 21 heavy (non-hydrogen) atoms. The zero-order valence-electron chi connectivity index (χ0n) is 12.1. The molecule has 0 radical (unpaired) electrons. The molecule has 1 N–H and O–H groups in total. The normalized spacial score (nSPS) is 11.5. The topological polar surface area (TPSA) is 55.1 Å². The first-order valence-electron chi connectivity index (χ1n) is 6.97. The molecule has 1 aromatic carbocycles. The minimum atomic E-state index is -0.760. The van der Waals surface area contributed by atoms with E-state index in [1.807, 2.05) is 6.07 Å². The monoisotopic (exact) mass is 328 g/mol. The number of nitrogens with zero attached hydrogens (tertiary/aromatic N) is 2. The Balaban J connectivity index is 2.32. The molecular weight excluding hydrogens is 311 g/mol. The molecule has 0 saturated carbocycles. The molecule has 2 aromatic rings. The van der Waals surface area contributed by atoms with Crippen LogP contribution in [-0.2, 0) is 11.3 Å². The second kappa shape index (κ2) is 6.67. The van der Waals surface area contributed by atoms with Crippen LogP contribution < -0.4 is 0 Å². The zero-order chi connectivity index (χ0) is 15.6. The van der Waals surface area contributed by atoms with Gasteiger partial charge < -0.3 is 9.67 Å². The van der Waals surface area contributed by atoms with Crippen molar-refractivity contribution >= 4 is 40.2 Å². The number of aromatic nitrogens is 2. The highest BCUT2D eigenvalue weighted by Crippen LogP contribution is 2.30. The Bertz CT molecular complexity index is 665. The molecule has 0 aliphatic heterocycles. The largest absolute Gasteiger partial charge is 0.481 e. The highest BCUT2D eigenvalue weighted by atomic mass is 35.5. The van der Waals surface area contributed by atoms with Crippen molar-refractivity contribution in [3.63, 3.8) is 0 Å². The van der Waals surface area contributed by atoms with E-state index in [2.05, 4.69) is 23.4 Å². The van der Waals surface area contributed by atoms with Crippen LogP contribution in [0.3, 0.4) is 0 Å². The predicted octanol–water partition coefficient (Wildman–Crippen LogP) is 4.72. The van der Waals surface area contributed by atoms with E-state index in [1.165, 1.54) is 0 Å². The molecule has 0 saturated heterocycles. The lowest BCUT2D eigenvalue weighted by molar-refractivity contribution is -0.137. The van der Waals surface area contributed by atoms with Crippen molar-refractivity contribution in [1.82, 2.24) is 9.55 Å². The van der Waals surface area contributed by atoms with Crippen LogP contribution in [0.15, 0.2) is 12.1 Å². The van der Waals surface area contributed by atoms with Crippen LogP contribution in [0.1, 0.15) is 44.9 Å². The molecule has 4 nitrogen and oxygen atoms in total. The van der Waals surface area contributed by atoms with Crippen molar-refractivity contribution in [2.24, 2.45) is 0 Å². The average Bonchev–Trinajstić information content (AvgIpc) is 2.73. The van der Waals surface area contributed by atoms with Crippen molar-refractivity contribution in [2.45, 2.75) is 45.6 Å². The number of halogens is 2. The number of benzene rings is 1. The van der Waals surface area contributed by atoms with Gasteiger partial charge >= 0.3 is 5.97 Å². The van der Waals surface area contributed by atoms with E-state index < -0.39 is 5.97 Å². The average molecular weight is 329 g/mol. The molecule has 1 heterocycles. The summed E-state index contributed by atoms with van der Waals surface area (Å²) in [5.41, 5.74) is 1.77. The molecular formula is C15H18Cl2N2O2. The molecule has 1 aromatic heterocycles. The molecule has 0 fully saturated rings. The first-order valence-corrected chi connectivity index (χ1v) is 7.72. The van der Waals surface area contributed by atoms with E-state index in [0.717, 1.165) is 29.8 Å². The highest BCUT2D eigenvalue weighted by molar-refractivity contribution is 6.42. The number of aliphatic carboxylic acids is 1. The van der Waals surface area contributed by atoms with Crippen molar-refractivity contribution in [2.75, 3.05) is 0 Å². The molecule has 0 bridgehead atoms. The van der Waals surface area contributed by atoms with Crippen molar-refractivity contribution in [3.05, 3.63) is 28.0 Å². The second-order valence-corrected chi connectivity index (χ2v) is 6.20. The van der Waals surface area contributed by atoms with Gasteiger partial charge in [-0.3, -0.25) is 4.79 Å². The van der Waals surface area contributed by atoms with Crippen LogP contribution in [0.25, 0.3) is 11.0 Å². The number of hydrogen-bond donors (Lipinski definition) is 1. The van der Waals surface area contributed by atoms with Crippen LogP contribution >= 0.6 is 23.2 Å². The maximum absolute atomic E-state index is 10.6. The van der Waals surface area contributed by atoms with Crippen molar-refractivity contribution in [1.29, 1.82) is 0 Å². The SMILES string of the molecule is CC(C)c1nc2cc(Cl)c(Cl)cc2n1CCCCC(=O)O. The fraction of sp³-hybridized carbons (Fsp3) is 0.467. The third-order valence-corrected chi connectivity index (χ3v) is 4.08. The maximum Gasteiger partial charge on any atom is 0.303 e. The Morgan fingerprint density at radius 2 is 1.95 bits per heavy atom. The lowest BCUT2D eigenvalue weighted by Crippen LogP contribution is -2.06. The van der Waals surface area contributed by atoms with E-state index in [1.54, 1.807) is 6.07 Å². The van der Waals surface area contributed by atoms with Crippen LogP contribution in [0.4, 0.5) is 0 Å². The van der Waals surface area contributed by atoms with Gasteiger partial charge in [0.15, 0.2) is 0 Å². The lowest BCUT2D eigenvalue weighted by Gasteiger charge is -2.11. The molecule has 0 aliphatic rings. The van der Waals surface area contributed by atoms with Gasteiger partial charge in [-0.25, -0.2) is 4.98 Å². The first kappa shape index (κ1) is 16.1. The number of unbranched alkanes of at least 4 members (excludes halogenated alkanes) is 1. The number of imidazole rings is 1. The van der Waals surface area contributed by atoms with Crippen molar-refractivity contribution in [3.8, 4) is 0 Å². The third kappa shape index (κ3) is 3.69. The Morgan fingerprint density at radius 1 is 1.29 bits per heavy atom. The van der Waals surface area contributed by atoms with Crippen molar-refractivity contribution < 1.29 is 9.90 Å². The Kier molecular flexibility index (Phi) is 5.12. The number of hydrogen-bond acceptors (Lipinski definition) is 2. The van der Waals surface area contributed by atoms with Gasteiger partial charge in [0.2, 0.25) is 0 Å². The van der Waals surface area contributed by atoms with Gasteiger partial charge in [0.25, 0.3) is 0 Å². The summed E-state index contributed by atoms with van der Waals surface area (Å²) >= 11 is 12.1. The van der Waals surface area contributed by atoms with E-state index in [-0.39, 0.29) is 12.3 Å². The highest BCUT2D eigenvalue weighted by Gasteiger charge is 2.15. The van der Waals surface area contributed by atoms with E-state index in [4.69, 9.17) is 28.3 Å². The van der Waals surface area contributed by atoms with Crippen LogP contribution in [0.2, 0.25) is 10.0 Å². The van der Waals surface area contributed by atoms with E-state index >= 15 is 0 Å². The van der Waals surface area contributed by atoms with Gasteiger partial charge in [0.1, 0.15) is 5.82 Å². The van der Waals surface area contributed by atoms with Gasteiger partial charge in [-0.2, -0.15) is 0 Å². The Labute approximate surface area is 133 Å². The summed E-state index contributed by atoms with van der Waals surface area (Å²) in [6, 6.07) is 3.61. The number of carboxylic acid groups (broad SMARTS) is 1. The number of rotatable bonds is 6. The quantitative estimate of drug-likeness (QED) is 0.780. The summed E-state index contributed by atoms with van der Waals surface area (Å²) < 4.78 is 2.12. The lowest BCUT2D eigenvalue weighted by atomic mass is 10.2. The summed E-state index contributed by atoms with van der Waals surface area (Å²) in [5, 5.41) is 9.70. The standard InChI is InChI=1S/C15H18Cl2N2O2/c1-9(2)15-18-12-7-10(16)11(17)8-13(12)19(15)6-4-3-5-14(20)21/h7-9H,3-6H2,1-2H3,(H,20,21). The van der Waals surface area contributed by atoms with Crippen LogP contribution in [0, 0.1) is 0 Å². The Hall–Kier alpha value is -1.26. The molecule has 0 spiro atoms. The van der Waals surface area contributed by atoms with Gasteiger partial charge in [0, 0.05) is 18.9 Å². The summed E-state index contributed by atoms with van der Waals surface area (Å²) in [4.78, 5) is 15.2. The molecule has 0 aliphatic carbocycles. The summed E-state index contributed by atoms with van der Waals surface area (Å²) in [6.45, 7) is 4.89. The van der Waals surface area contributed by atoms with Gasteiger partial charge in [-0.05, 0) is 25.0 Å². The summed E-state index contributed by atoms with van der Waals surface area (Å²) in [7, 11) is 0. The third-order valence-electron chi connectivity index (χ3n) is 3.36. The molecule has 0 atom stereocenters. The van der Waals surface area contributed by atoms with E-state index in [9.17, 15) is 4.79 Å². The Morgan fingerprint density at radius 3 is 2.57 bits per heavy atom. The minimum absolute atomic E-state index is 0.191. The van der Waals surface area contributed by atoms with Crippen LogP contribution in [-0.4, -0.2) is 20.6 Å². The van der Waals surface area contributed by atoms with Crippen LogP contribution in [0.5, 0.6) is 0 Å². The maximum atomic E-state index is 10.6. The second-order valence-electron chi connectivity index (χ2n) is 5.38. The van der Waals surface area contributed by atoms with Gasteiger partial charge in [-0.1, -0.05) is 37.0 Å². The molecule has 2 rings (SSSR count). The van der Waals surface area contributed by atoms with E-state index in [0.29, 0.717) is 16.5 Å². The minimum Gasteiger partial charge on any atom is -0.481 e. The fourth-order valence-electron chi connectivity index (χ4n) is 2.36. The number of carboxylic acids is 1. The number of aryl methyl sites for hydroxylation is 1. The summed E-state index contributed by atoms with van der Waals surface area (Å²) in [5.74, 6) is 0.484. The first-order chi connectivity index (χ1) is 9.90. The predicted molar refractivity (Wildman–Crippen MR) is 85.3 cm³/mol. The zero-order valence-corrected chi connectivity index (χ0v) is 13.6. The molecule has 6 heteroatoms. The van der Waals surface area contributed by atoms with Gasteiger partial charge in [0.05, 0.1) is 21.1 Å². The molecule has 114 valence electrons. The van der Waals surface area contributed by atoms with Gasteiger partial charge in [-0.15, -0.1) is 0 Å². The molecule has 0 amide bonds. The smallest absolute Gasteiger partial charge is 0.303 e. The number of carbonyl (C=O) groups is 1. The fourth-order valence-corrected chi connectivity index (χ4v) is 2.68. The summed E-state index contributed by atoms with van der Waals surface area (Å²) in [6.07, 6.45) is 1.63.